The normalized spacial score (nSPS) is 12.2. The van der Waals surface area contributed by atoms with Crippen molar-refractivity contribution in [2.75, 3.05) is 0 Å². The molecule has 5 rings (SSSR count). The summed E-state index contributed by atoms with van der Waals surface area (Å²) in [6.07, 6.45) is -6.97. The number of aromatic nitrogens is 7. The summed E-state index contributed by atoms with van der Waals surface area (Å²) in [6, 6.07) is 11.9. The summed E-state index contributed by atoms with van der Waals surface area (Å²) in [5.41, 5.74) is -1.37. The Morgan fingerprint density at radius 3 is 2.15 bits per heavy atom. The van der Waals surface area contributed by atoms with Crippen molar-refractivity contribution in [3.63, 3.8) is 0 Å². The van der Waals surface area contributed by atoms with Crippen molar-refractivity contribution in [1.29, 1.82) is 0 Å². The van der Waals surface area contributed by atoms with Gasteiger partial charge >= 0.3 is 12.4 Å². The molecule has 0 aliphatic rings. The minimum Gasteiger partial charge on any atom is -0.305 e. The van der Waals surface area contributed by atoms with Crippen LogP contribution in [0.5, 0.6) is 0 Å². The lowest BCUT2D eigenvalue weighted by Gasteiger charge is -2.15. The number of hydrogen-bond acceptors (Lipinski definition) is 5. The molecule has 0 spiro atoms. The van der Waals surface area contributed by atoms with Crippen molar-refractivity contribution in [1.82, 2.24) is 34.7 Å². The van der Waals surface area contributed by atoms with Crippen LogP contribution in [0.1, 0.15) is 28.1 Å². The average molecular weight is 578 g/mol. The first-order valence-electron chi connectivity index (χ1n) is 11.7. The fourth-order valence-electron chi connectivity index (χ4n) is 4.19. The molecule has 7 nitrogen and oxygen atoms in total. The molecular weight excluding hydrogens is 560 g/mol. The van der Waals surface area contributed by atoms with E-state index in [0.29, 0.717) is 28.5 Å². The largest absolute Gasteiger partial charge is 0.416 e. The van der Waals surface area contributed by atoms with E-state index < -0.39 is 30.0 Å². The topological polar surface area (TPSA) is 74.3 Å². The first kappa shape index (κ1) is 27.3. The van der Waals surface area contributed by atoms with Crippen LogP contribution in [0.4, 0.5) is 26.3 Å². The Morgan fingerprint density at radius 2 is 1.52 bits per heavy atom. The molecular formula is C26H18ClF6N7. The van der Waals surface area contributed by atoms with Crippen LogP contribution in [-0.4, -0.2) is 34.7 Å². The third-order valence-electron chi connectivity index (χ3n) is 6.08. The van der Waals surface area contributed by atoms with E-state index in [0.717, 1.165) is 5.56 Å². The van der Waals surface area contributed by atoms with Gasteiger partial charge in [-0.2, -0.15) is 26.3 Å². The Morgan fingerprint density at radius 1 is 0.825 bits per heavy atom. The van der Waals surface area contributed by atoms with E-state index in [1.54, 1.807) is 35.8 Å². The smallest absolute Gasteiger partial charge is 0.305 e. The lowest BCUT2D eigenvalue weighted by molar-refractivity contribution is -0.143. The van der Waals surface area contributed by atoms with Crippen molar-refractivity contribution in [2.45, 2.75) is 32.4 Å². The Balaban J connectivity index is 1.64. The maximum atomic E-state index is 13.5. The molecule has 0 bridgehead atoms. The number of alkyl halides is 6. The molecule has 0 unspecified atom stereocenters. The second-order valence-corrected chi connectivity index (χ2v) is 9.26. The van der Waals surface area contributed by atoms with Crippen molar-refractivity contribution < 1.29 is 26.3 Å². The number of hydrogen-bond donors (Lipinski definition) is 0. The highest BCUT2D eigenvalue weighted by Gasteiger charge is 2.37. The number of pyridine rings is 1. The van der Waals surface area contributed by atoms with Crippen LogP contribution in [0.2, 0.25) is 5.02 Å². The third-order valence-corrected chi connectivity index (χ3v) is 6.45. The highest BCUT2D eigenvalue weighted by atomic mass is 35.5. The van der Waals surface area contributed by atoms with Gasteiger partial charge in [-0.1, -0.05) is 35.0 Å². The fraction of sp³-hybridized carbons (Fsp3) is 0.192. The predicted octanol–water partition coefficient (Wildman–Crippen LogP) is 6.69. The molecule has 0 N–H and O–H groups in total. The molecule has 0 amide bonds. The van der Waals surface area contributed by atoms with Crippen LogP contribution >= 0.6 is 11.6 Å². The highest BCUT2D eigenvalue weighted by Crippen LogP contribution is 2.37. The Bertz CT molecular complexity index is 1630. The van der Waals surface area contributed by atoms with Gasteiger partial charge in [0.15, 0.2) is 11.5 Å². The molecule has 0 saturated heterocycles. The van der Waals surface area contributed by atoms with E-state index in [-0.39, 0.29) is 35.4 Å². The number of nitrogens with zero attached hydrogens (tertiary/aromatic N) is 7. The van der Waals surface area contributed by atoms with Crippen molar-refractivity contribution in [3.05, 3.63) is 100 Å². The van der Waals surface area contributed by atoms with Crippen molar-refractivity contribution in [2.24, 2.45) is 0 Å². The molecule has 0 aliphatic heterocycles. The zero-order valence-corrected chi connectivity index (χ0v) is 21.3. The van der Waals surface area contributed by atoms with E-state index >= 15 is 0 Å². The predicted molar refractivity (Wildman–Crippen MR) is 133 cm³/mol. The summed E-state index contributed by atoms with van der Waals surface area (Å²) in [5.74, 6) is 0.803. The quantitative estimate of drug-likeness (QED) is 0.210. The highest BCUT2D eigenvalue weighted by molar-refractivity contribution is 6.31. The average Bonchev–Trinajstić information content (AvgIpc) is 3.47. The summed E-state index contributed by atoms with van der Waals surface area (Å²) in [7, 11) is 0. The first-order valence-corrected chi connectivity index (χ1v) is 12.1. The Labute approximate surface area is 228 Å². The van der Waals surface area contributed by atoms with Gasteiger partial charge in [0.1, 0.15) is 11.5 Å². The lowest BCUT2D eigenvalue weighted by atomic mass is 10.0. The van der Waals surface area contributed by atoms with Gasteiger partial charge < -0.3 is 4.57 Å². The van der Waals surface area contributed by atoms with E-state index in [9.17, 15) is 26.3 Å². The molecule has 0 saturated carbocycles. The van der Waals surface area contributed by atoms with E-state index in [2.05, 4.69) is 25.5 Å². The van der Waals surface area contributed by atoms with Gasteiger partial charge in [-0.15, -0.1) is 15.3 Å². The van der Waals surface area contributed by atoms with Crippen LogP contribution in [-0.2, 0) is 25.4 Å². The Kier molecular flexibility index (Phi) is 7.08. The summed E-state index contributed by atoms with van der Waals surface area (Å²) in [5, 5.41) is 17.2. The molecule has 0 atom stereocenters. The summed E-state index contributed by atoms with van der Waals surface area (Å²) >= 11 is 6.35. The van der Waals surface area contributed by atoms with Gasteiger partial charge in [-0.05, 0) is 54.4 Å². The minimum absolute atomic E-state index is 0.0816. The van der Waals surface area contributed by atoms with E-state index in [4.69, 9.17) is 11.6 Å². The number of aryl methyl sites for hydroxylation is 1. The minimum atomic E-state index is -4.98. The number of benzene rings is 2. The maximum Gasteiger partial charge on any atom is 0.416 e. The third kappa shape index (κ3) is 5.55. The molecule has 5 aromatic rings. The first-order chi connectivity index (χ1) is 18.9. The second kappa shape index (κ2) is 10.4. The van der Waals surface area contributed by atoms with Gasteiger partial charge in [0.2, 0.25) is 0 Å². The van der Waals surface area contributed by atoms with Crippen LogP contribution in [0.15, 0.2) is 67.0 Å². The molecule has 0 fully saturated rings. The Hall–Kier alpha value is -4.26. The van der Waals surface area contributed by atoms with Crippen LogP contribution in [0.25, 0.3) is 22.8 Å². The summed E-state index contributed by atoms with van der Waals surface area (Å²) in [6.45, 7) is 1.56. The molecule has 14 heteroatoms. The van der Waals surface area contributed by atoms with Crippen LogP contribution < -0.4 is 0 Å². The molecule has 40 heavy (non-hydrogen) atoms. The second-order valence-electron chi connectivity index (χ2n) is 8.85. The number of halogens is 7. The fourth-order valence-corrected chi connectivity index (χ4v) is 4.38. The molecule has 206 valence electrons. The standard InChI is InChI=1S/C26H18ClF6N7/c1-15-35-37-24(39(15)14-18-5-2-3-7-21(18)27)22-23(17-6-4-8-34-12-17)40(38-36-22)13-16-9-19(25(28,29)30)11-20(10-16)26(31,32)33/h2-12H,13-14H2,1H3. The van der Waals surface area contributed by atoms with Gasteiger partial charge in [-0.3, -0.25) is 4.98 Å². The zero-order chi connectivity index (χ0) is 28.7. The molecule has 0 radical (unpaired) electrons. The molecule has 3 aromatic heterocycles. The van der Waals surface area contributed by atoms with Gasteiger partial charge in [0.05, 0.1) is 24.2 Å². The molecule has 2 aromatic carbocycles. The maximum absolute atomic E-state index is 13.5. The summed E-state index contributed by atoms with van der Waals surface area (Å²) in [4.78, 5) is 4.10. The SMILES string of the molecule is Cc1nnc(-c2nnn(Cc3cc(C(F)(F)F)cc(C(F)(F)F)c3)c2-c2cccnc2)n1Cc1ccccc1Cl. The van der Waals surface area contributed by atoms with Crippen LogP contribution in [0.3, 0.4) is 0 Å². The van der Waals surface area contributed by atoms with E-state index in [1.807, 2.05) is 12.1 Å². The van der Waals surface area contributed by atoms with Crippen molar-refractivity contribution in [3.8, 4) is 22.8 Å². The van der Waals surface area contributed by atoms with E-state index in [1.165, 1.54) is 17.1 Å². The van der Waals surface area contributed by atoms with Gasteiger partial charge in [0, 0.05) is 23.0 Å². The van der Waals surface area contributed by atoms with Crippen LogP contribution in [0, 0.1) is 6.92 Å². The van der Waals surface area contributed by atoms with Gasteiger partial charge in [-0.25, -0.2) is 4.68 Å². The zero-order valence-electron chi connectivity index (χ0n) is 20.5. The lowest BCUT2D eigenvalue weighted by Crippen LogP contribution is -2.13. The number of rotatable bonds is 6. The van der Waals surface area contributed by atoms with Gasteiger partial charge in [0.25, 0.3) is 0 Å². The molecule has 3 heterocycles. The molecule has 0 aliphatic carbocycles. The summed E-state index contributed by atoms with van der Waals surface area (Å²) < 4.78 is 83.7. The monoisotopic (exact) mass is 577 g/mol. The van der Waals surface area contributed by atoms with Crippen molar-refractivity contribution >= 4 is 11.6 Å².